The second-order valence-corrected chi connectivity index (χ2v) is 5.46. The Bertz CT molecular complexity index is 255. The maximum atomic E-state index is 12.7. The quantitative estimate of drug-likeness (QED) is 0.775. The van der Waals surface area contributed by atoms with Crippen LogP contribution in [0.3, 0.4) is 0 Å². The van der Waals surface area contributed by atoms with Crippen LogP contribution < -0.4 is 5.73 Å². The van der Waals surface area contributed by atoms with Crippen LogP contribution in [-0.2, 0) is 0 Å². The van der Waals surface area contributed by atoms with E-state index in [-0.39, 0.29) is 18.6 Å². The number of alkyl halides is 3. The maximum Gasteiger partial charge on any atom is 0.393 e. The summed E-state index contributed by atoms with van der Waals surface area (Å²) >= 11 is 0. The number of nitrogens with zero attached hydrogens (tertiary/aromatic N) is 1. The maximum absolute atomic E-state index is 12.7. The fourth-order valence-electron chi connectivity index (χ4n) is 3.14. The van der Waals surface area contributed by atoms with E-state index in [4.69, 9.17) is 5.73 Å². The Morgan fingerprint density at radius 1 is 1.06 bits per heavy atom. The molecule has 1 saturated heterocycles. The standard InChI is InChI=1S/C12H21F3N2/c13-12(14,15)9-3-2-6-17(8-9)11-5-1-4-10(16)7-11/h9-11H,1-8,16H2. The van der Waals surface area contributed by atoms with Crippen molar-refractivity contribution in [2.24, 2.45) is 11.7 Å². The minimum absolute atomic E-state index is 0.181. The highest BCUT2D eigenvalue weighted by atomic mass is 19.4. The molecular weight excluding hydrogens is 229 g/mol. The van der Waals surface area contributed by atoms with Gasteiger partial charge in [-0.1, -0.05) is 6.42 Å². The van der Waals surface area contributed by atoms with Crippen LogP contribution in [0.2, 0.25) is 0 Å². The number of likely N-dealkylation sites (tertiary alicyclic amines) is 1. The zero-order chi connectivity index (χ0) is 12.5. The van der Waals surface area contributed by atoms with Crippen LogP contribution >= 0.6 is 0 Å². The van der Waals surface area contributed by atoms with Crippen molar-refractivity contribution >= 4 is 0 Å². The van der Waals surface area contributed by atoms with Crippen LogP contribution in [0, 0.1) is 5.92 Å². The lowest BCUT2D eigenvalue weighted by Gasteiger charge is -2.41. The molecule has 0 aromatic carbocycles. The summed E-state index contributed by atoms with van der Waals surface area (Å²) in [4.78, 5) is 2.03. The fraction of sp³-hybridized carbons (Fsp3) is 1.00. The van der Waals surface area contributed by atoms with E-state index in [0.29, 0.717) is 12.8 Å². The Kier molecular flexibility index (Phi) is 3.98. The molecule has 5 heteroatoms. The first-order valence-electron chi connectivity index (χ1n) is 6.53. The molecule has 3 atom stereocenters. The van der Waals surface area contributed by atoms with Crippen LogP contribution in [0.5, 0.6) is 0 Å². The van der Waals surface area contributed by atoms with Crippen molar-refractivity contribution in [2.75, 3.05) is 13.1 Å². The van der Waals surface area contributed by atoms with Gasteiger partial charge in [-0.3, -0.25) is 4.90 Å². The van der Waals surface area contributed by atoms with Crippen molar-refractivity contribution in [1.82, 2.24) is 4.90 Å². The third kappa shape index (κ3) is 3.35. The van der Waals surface area contributed by atoms with Gasteiger partial charge in [-0.2, -0.15) is 13.2 Å². The van der Waals surface area contributed by atoms with Gasteiger partial charge in [0.05, 0.1) is 5.92 Å². The number of halogens is 3. The Labute approximate surface area is 100 Å². The van der Waals surface area contributed by atoms with Crippen molar-refractivity contribution in [1.29, 1.82) is 0 Å². The van der Waals surface area contributed by atoms with Crippen molar-refractivity contribution in [3.8, 4) is 0 Å². The smallest absolute Gasteiger partial charge is 0.328 e. The van der Waals surface area contributed by atoms with E-state index in [1.807, 2.05) is 4.90 Å². The highest BCUT2D eigenvalue weighted by Crippen LogP contribution is 2.35. The molecule has 3 unspecified atom stereocenters. The zero-order valence-electron chi connectivity index (χ0n) is 10.0. The second-order valence-electron chi connectivity index (χ2n) is 5.46. The van der Waals surface area contributed by atoms with Crippen LogP contribution in [-0.4, -0.2) is 36.2 Å². The SMILES string of the molecule is NC1CCCC(N2CCCC(C(F)(F)F)C2)C1. The molecule has 1 aliphatic heterocycles. The molecule has 2 aliphatic rings. The fourth-order valence-corrected chi connectivity index (χ4v) is 3.14. The molecule has 1 saturated carbocycles. The Hall–Kier alpha value is -0.290. The molecular formula is C12H21F3N2. The molecule has 0 spiro atoms. The summed E-state index contributed by atoms with van der Waals surface area (Å²) in [5.74, 6) is -1.13. The van der Waals surface area contributed by atoms with E-state index in [9.17, 15) is 13.2 Å². The summed E-state index contributed by atoms with van der Waals surface area (Å²) in [6.07, 6.45) is 0.874. The summed E-state index contributed by atoms with van der Waals surface area (Å²) in [5.41, 5.74) is 5.90. The van der Waals surface area contributed by atoms with E-state index in [0.717, 1.165) is 32.2 Å². The molecule has 1 aliphatic carbocycles. The molecule has 0 amide bonds. The van der Waals surface area contributed by atoms with E-state index in [2.05, 4.69) is 0 Å². The first kappa shape index (κ1) is 13.1. The Morgan fingerprint density at radius 3 is 2.47 bits per heavy atom. The van der Waals surface area contributed by atoms with Gasteiger partial charge < -0.3 is 5.73 Å². The Morgan fingerprint density at radius 2 is 1.82 bits per heavy atom. The first-order chi connectivity index (χ1) is 7.97. The van der Waals surface area contributed by atoms with Gasteiger partial charge in [0, 0.05) is 18.6 Å². The van der Waals surface area contributed by atoms with Gasteiger partial charge in [0.1, 0.15) is 0 Å². The van der Waals surface area contributed by atoms with E-state index >= 15 is 0 Å². The van der Waals surface area contributed by atoms with Crippen LogP contribution in [0.1, 0.15) is 38.5 Å². The predicted molar refractivity (Wildman–Crippen MR) is 60.6 cm³/mol. The van der Waals surface area contributed by atoms with Gasteiger partial charge in [0.2, 0.25) is 0 Å². The molecule has 0 aromatic heterocycles. The average molecular weight is 250 g/mol. The average Bonchev–Trinajstić information content (AvgIpc) is 2.28. The van der Waals surface area contributed by atoms with Crippen molar-refractivity contribution < 1.29 is 13.2 Å². The van der Waals surface area contributed by atoms with Crippen LogP contribution in [0.15, 0.2) is 0 Å². The summed E-state index contributed by atoms with van der Waals surface area (Å²) in [7, 11) is 0. The minimum atomic E-state index is -4.03. The lowest BCUT2D eigenvalue weighted by molar-refractivity contribution is -0.189. The second kappa shape index (κ2) is 5.14. The van der Waals surface area contributed by atoms with Crippen LogP contribution in [0.4, 0.5) is 13.2 Å². The van der Waals surface area contributed by atoms with E-state index in [1.165, 1.54) is 0 Å². The largest absolute Gasteiger partial charge is 0.393 e. The number of hydrogen-bond donors (Lipinski definition) is 1. The van der Waals surface area contributed by atoms with Crippen molar-refractivity contribution in [3.63, 3.8) is 0 Å². The summed E-state index contributed by atoms with van der Waals surface area (Å²) in [6.45, 7) is 0.991. The van der Waals surface area contributed by atoms with Crippen LogP contribution in [0.25, 0.3) is 0 Å². The highest BCUT2D eigenvalue weighted by molar-refractivity contribution is 4.86. The predicted octanol–water partition coefficient (Wildman–Crippen LogP) is 2.53. The molecule has 17 heavy (non-hydrogen) atoms. The molecule has 2 rings (SSSR count). The number of hydrogen-bond acceptors (Lipinski definition) is 2. The van der Waals surface area contributed by atoms with Gasteiger partial charge in [-0.25, -0.2) is 0 Å². The van der Waals surface area contributed by atoms with Gasteiger partial charge in [0.15, 0.2) is 0 Å². The molecule has 0 aromatic rings. The molecule has 0 radical (unpaired) electrons. The molecule has 100 valence electrons. The summed E-state index contributed by atoms with van der Waals surface area (Å²) < 4.78 is 38.1. The highest BCUT2D eigenvalue weighted by Gasteiger charge is 2.43. The van der Waals surface area contributed by atoms with Gasteiger partial charge in [-0.15, -0.1) is 0 Å². The Balaban J connectivity index is 1.92. The molecule has 2 N–H and O–H groups in total. The van der Waals surface area contributed by atoms with Crippen molar-refractivity contribution in [2.45, 2.75) is 56.8 Å². The summed E-state index contributed by atoms with van der Waals surface area (Å²) in [6, 6.07) is 0.462. The lowest BCUT2D eigenvalue weighted by atomic mass is 9.88. The number of rotatable bonds is 1. The van der Waals surface area contributed by atoms with E-state index < -0.39 is 12.1 Å². The third-order valence-corrected chi connectivity index (χ3v) is 4.12. The zero-order valence-corrected chi connectivity index (χ0v) is 10.0. The normalized spacial score (nSPS) is 37.1. The summed E-state index contributed by atoms with van der Waals surface area (Å²) in [5, 5.41) is 0. The minimum Gasteiger partial charge on any atom is -0.328 e. The molecule has 2 nitrogen and oxygen atoms in total. The number of piperidine rings is 1. The monoisotopic (exact) mass is 250 g/mol. The van der Waals surface area contributed by atoms with Gasteiger partial charge in [0.25, 0.3) is 0 Å². The molecule has 1 heterocycles. The number of nitrogens with two attached hydrogens (primary N) is 1. The van der Waals surface area contributed by atoms with Gasteiger partial charge >= 0.3 is 6.18 Å². The van der Waals surface area contributed by atoms with E-state index in [1.54, 1.807) is 0 Å². The van der Waals surface area contributed by atoms with Crippen molar-refractivity contribution in [3.05, 3.63) is 0 Å². The molecule has 2 fully saturated rings. The topological polar surface area (TPSA) is 29.3 Å². The third-order valence-electron chi connectivity index (χ3n) is 4.12. The van der Waals surface area contributed by atoms with Gasteiger partial charge in [-0.05, 0) is 38.6 Å². The molecule has 0 bridgehead atoms. The first-order valence-corrected chi connectivity index (χ1v) is 6.53. The lowest BCUT2D eigenvalue weighted by Crippen LogP contribution is -2.49.